The Hall–Kier alpha value is -1.51. The number of hydrogen-bond acceptors (Lipinski definition) is 1. The van der Waals surface area contributed by atoms with Crippen LogP contribution in [-0.4, -0.2) is 10.2 Å². The van der Waals surface area contributed by atoms with Gasteiger partial charge in [0.1, 0.15) is 0 Å². The van der Waals surface area contributed by atoms with E-state index in [-0.39, 0.29) is 5.69 Å². The fraction of sp³-hybridized carbons (Fsp3) is 0. The standard InChI is InChI=1S/C7H5N3/c8-6-2-1-5-4-9-10-7(5)3-6/h1-4H,(H,9,10). The molecule has 1 aromatic carbocycles. The molecule has 1 heterocycles. The Morgan fingerprint density at radius 1 is 1.40 bits per heavy atom. The van der Waals surface area contributed by atoms with E-state index < -0.39 is 0 Å². The summed E-state index contributed by atoms with van der Waals surface area (Å²) in [6, 6.07) is 5.09. The SMILES string of the molecule is [N]c1ccc2cn[nH]c2c1. The Labute approximate surface area is 57.9 Å². The van der Waals surface area contributed by atoms with Crippen molar-refractivity contribution in [2.75, 3.05) is 0 Å². The Kier molecular flexibility index (Phi) is 0.917. The van der Waals surface area contributed by atoms with Gasteiger partial charge in [0.15, 0.2) is 0 Å². The molecule has 0 aliphatic rings. The Balaban J connectivity index is 2.86. The molecule has 0 atom stereocenters. The lowest BCUT2D eigenvalue weighted by molar-refractivity contribution is 1.12. The highest BCUT2D eigenvalue weighted by atomic mass is 15.1. The first-order valence-corrected chi connectivity index (χ1v) is 2.98. The van der Waals surface area contributed by atoms with Gasteiger partial charge in [0.2, 0.25) is 0 Å². The summed E-state index contributed by atoms with van der Waals surface area (Å²) in [5.74, 6) is 0. The Bertz CT molecular complexity index is 350. The number of aromatic amines is 1. The Morgan fingerprint density at radius 2 is 2.30 bits per heavy atom. The van der Waals surface area contributed by atoms with E-state index in [1.54, 1.807) is 18.3 Å². The molecule has 1 aromatic heterocycles. The average Bonchev–Trinajstić information content (AvgIpc) is 2.33. The number of hydrogen-bond donors (Lipinski definition) is 1. The maximum Gasteiger partial charge on any atom is 0.0878 e. The van der Waals surface area contributed by atoms with Crippen molar-refractivity contribution in [3.05, 3.63) is 24.4 Å². The highest BCUT2D eigenvalue weighted by molar-refractivity contribution is 5.80. The molecule has 0 spiro atoms. The maximum atomic E-state index is 9.00. The second kappa shape index (κ2) is 1.73. The molecular formula is C7H5N3. The van der Waals surface area contributed by atoms with E-state index in [0.29, 0.717) is 0 Å². The van der Waals surface area contributed by atoms with E-state index in [1.807, 2.05) is 6.07 Å². The van der Waals surface area contributed by atoms with Gasteiger partial charge >= 0.3 is 0 Å². The largest absolute Gasteiger partial charge is 0.278 e. The number of nitrogens with zero attached hydrogens (tertiary/aromatic N) is 2. The minimum absolute atomic E-state index is 0.261. The van der Waals surface area contributed by atoms with Crippen LogP contribution in [0.2, 0.25) is 0 Å². The van der Waals surface area contributed by atoms with Crippen LogP contribution in [0.3, 0.4) is 0 Å². The fourth-order valence-electron chi connectivity index (χ4n) is 0.925. The monoisotopic (exact) mass is 131 g/mol. The van der Waals surface area contributed by atoms with Gasteiger partial charge in [0, 0.05) is 5.39 Å². The second-order valence-electron chi connectivity index (χ2n) is 2.14. The topological polar surface area (TPSA) is 51.0 Å². The molecule has 3 heteroatoms. The molecule has 3 nitrogen and oxygen atoms in total. The predicted molar refractivity (Wildman–Crippen MR) is 37.9 cm³/mol. The van der Waals surface area contributed by atoms with Gasteiger partial charge in [0.05, 0.1) is 17.4 Å². The van der Waals surface area contributed by atoms with Gasteiger partial charge in [-0.25, -0.2) is 0 Å². The molecule has 0 saturated heterocycles. The van der Waals surface area contributed by atoms with Crippen LogP contribution in [0.4, 0.5) is 5.69 Å². The number of aromatic nitrogens is 2. The van der Waals surface area contributed by atoms with Crippen LogP contribution in [0.15, 0.2) is 24.4 Å². The van der Waals surface area contributed by atoms with Gasteiger partial charge in [-0.05, 0) is 18.2 Å². The first kappa shape index (κ1) is 5.29. The molecule has 0 unspecified atom stereocenters. The van der Waals surface area contributed by atoms with Crippen molar-refractivity contribution in [3.8, 4) is 0 Å². The van der Waals surface area contributed by atoms with Crippen LogP contribution in [0, 0.1) is 0 Å². The summed E-state index contributed by atoms with van der Waals surface area (Å²) in [5.41, 5.74) is 10.1. The van der Waals surface area contributed by atoms with Gasteiger partial charge in [0.25, 0.3) is 0 Å². The molecule has 10 heavy (non-hydrogen) atoms. The van der Waals surface area contributed by atoms with Crippen LogP contribution >= 0.6 is 0 Å². The van der Waals surface area contributed by atoms with E-state index in [4.69, 9.17) is 5.73 Å². The quantitative estimate of drug-likeness (QED) is 0.575. The van der Waals surface area contributed by atoms with E-state index in [2.05, 4.69) is 10.2 Å². The summed E-state index contributed by atoms with van der Waals surface area (Å²) in [5, 5.41) is 7.57. The third kappa shape index (κ3) is 0.639. The fourth-order valence-corrected chi connectivity index (χ4v) is 0.925. The van der Waals surface area contributed by atoms with Crippen molar-refractivity contribution in [1.82, 2.24) is 15.9 Å². The lowest BCUT2D eigenvalue weighted by Gasteiger charge is -1.86. The van der Waals surface area contributed by atoms with E-state index in [9.17, 15) is 0 Å². The predicted octanol–water partition coefficient (Wildman–Crippen LogP) is 1.26. The number of rotatable bonds is 0. The summed E-state index contributed by atoms with van der Waals surface area (Å²) in [6.45, 7) is 0. The van der Waals surface area contributed by atoms with Crippen molar-refractivity contribution in [2.24, 2.45) is 0 Å². The van der Waals surface area contributed by atoms with Crippen LogP contribution in [-0.2, 0) is 0 Å². The number of fused-ring (bicyclic) bond motifs is 1. The highest BCUT2D eigenvalue weighted by Crippen LogP contribution is 2.14. The minimum Gasteiger partial charge on any atom is -0.278 e. The molecule has 0 aliphatic heterocycles. The smallest absolute Gasteiger partial charge is 0.0878 e. The lowest BCUT2D eigenvalue weighted by Crippen LogP contribution is -1.69. The van der Waals surface area contributed by atoms with Crippen LogP contribution in [0.5, 0.6) is 0 Å². The van der Waals surface area contributed by atoms with Crippen LogP contribution < -0.4 is 5.73 Å². The molecule has 0 fully saturated rings. The summed E-state index contributed by atoms with van der Waals surface area (Å²) >= 11 is 0. The molecule has 48 valence electrons. The zero-order chi connectivity index (χ0) is 6.97. The molecule has 0 amide bonds. The molecule has 0 aliphatic carbocycles. The highest BCUT2D eigenvalue weighted by Gasteiger charge is 1.94. The van der Waals surface area contributed by atoms with Gasteiger partial charge in [-0.3, -0.25) is 5.10 Å². The van der Waals surface area contributed by atoms with Crippen LogP contribution in [0.25, 0.3) is 10.9 Å². The summed E-state index contributed by atoms with van der Waals surface area (Å²) in [6.07, 6.45) is 1.72. The van der Waals surface area contributed by atoms with Gasteiger partial charge in [-0.1, -0.05) is 0 Å². The first-order valence-electron chi connectivity index (χ1n) is 2.98. The lowest BCUT2D eigenvalue weighted by atomic mass is 10.2. The number of benzene rings is 1. The number of H-pyrrole nitrogens is 1. The van der Waals surface area contributed by atoms with Crippen LogP contribution in [0.1, 0.15) is 0 Å². The van der Waals surface area contributed by atoms with Gasteiger partial charge in [-0.2, -0.15) is 10.8 Å². The third-order valence-corrected chi connectivity index (χ3v) is 1.43. The Morgan fingerprint density at radius 3 is 3.20 bits per heavy atom. The zero-order valence-corrected chi connectivity index (χ0v) is 5.20. The summed E-state index contributed by atoms with van der Waals surface area (Å²) in [7, 11) is 0. The second-order valence-corrected chi connectivity index (χ2v) is 2.14. The van der Waals surface area contributed by atoms with Gasteiger partial charge in [-0.15, -0.1) is 0 Å². The maximum absolute atomic E-state index is 9.00. The van der Waals surface area contributed by atoms with E-state index >= 15 is 0 Å². The first-order chi connectivity index (χ1) is 4.86. The van der Waals surface area contributed by atoms with Crippen molar-refractivity contribution >= 4 is 16.6 Å². The van der Waals surface area contributed by atoms with Crippen molar-refractivity contribution in [3.63, 3.8) is 0 Å². The molecule has 2 aromatic rings. The summed E-state index contributed by atoms with van der Waals surface area (Å²) < 4.78 is 0. The third-order valence-electron chi connectivity index (χ3n) is 1.43. The molecule has 2 rings (SSSR count). The van der Waals surface area contributed by atoms with E-state index in [1.165, 1.54) is 0 Å². The van der Waals surface area contributed by atoms with Crippen molar-refractivity contribution < 1.29 is 0 Å². The number of nitrogens with one attached hydrogen (secondary N) is 1. The van der Waals surface area contributed by atoms with Gasteiger partial charge < -0.3 is 0 Å². The van der Waals surface area contributed by atoms with Crippen molar-refractivity contribution in [1.29, 1.82) is 0 Å². The normalized spacial score (nSPS) is 10.4. The molecular weight excluding hydrogens is 126 g/mol. The molecule has 0 saturated carbocycles. The minimum atomic E-state index is 0.261. The molecule has 1 N–H and O–H groups in total. The average molecular weight is 131 g/mol. The zero-order valence-electron chi connectivity index (χ0n) is 5.20. The molecule has 0 bridgehead atoms. The molecule has 2 radical (unpaired) electrons. The van der Waals surface area contributed by atoms with Crippen molar-refractivity contribution in [2.45, 2.75) is 0 Å². The van der Waals surface area contributed by atoms with E-state index in [0.717, 1.165) is 10.9 Å². The summed E-state index contributed by atoms with van der Waals surface area (Å²) in [4.78, 5) is 0.